The van der Waals surface area contributed by atoms with Crippen molar-refractivity contribution in [2.45, 2.75) is 24.9 Å². The second kappa shape index (κ2) is 10.8. The number of likely N-dealkylation sites (tertiary alicyclic amines) is 1. The van der Waals surface area contributed by atoms with Crippen molar-refractivity contribution in [3.05, 3.63) is 75.7 Å². The molecule has 0 unspecified atom stereocenters. The van der Waals surface area contributed by atoms with Crippen LogP contribution in [0.4, 0.5) is 13.2 Å². The zero-order chi connectivity index (χ0) is 25.9. The van der Waals surface area contributed by atoms with Crippen molar-refractivity contribution in [3.8, 4) is 11.1 Å². The van der Waals surface area contributed by atoms with Crippen LogP contribution in [-0.2, 0) is 6.18 Å². The molecule has 1 aromatic heterocycles. The van der Waals surface area contributed by atoms with Crippen LogP contribution in [0.1, 0.15) is 50.2 Å². The van der Waals surface area contributed by atoms with Crippen LogP contribution in [0.15, 0.2) is 53.9 Å². The van der Waals surface area contributed by atoms with Crippen molar-refractivity contribution < 1.29 is 27.9 Å². The third-order valence-corrected chi connectivity index (χ3v) is 7.34. The van der Waals surface area contributed by atoms with Crippen LogP contribution < -0.4 is 0 Å². The van der Waals surface area contributed by atoms with E-state index >= 15 is 0 Å². The van der Waals surface area contributed by atoms with Gasteiger partial charge in [-0.25, -0.2) is 4.98 Å². The summed E-state index contributed by atoms with van der Waals surface area (Å²) in [5, 5.41) is 11.6. The second-order valence-electron chi connectivity index (χ2n) is 8.71. The number of carbonyl (C=O) groups excluding carboxylic acids is 2. The molecule has 2 aromatic carbocycles. The van der Waals surface area contributed by atoms with E-state index in [4.69, 9.17) is 5.11 Å². The van der Waals surface area contributed by atoms with E-state index in [0.29, 0.717) is 48.3 Å². The fraction of sp³-hybridized carbons (Fsp3) is 0.346. The fourth-order valence-corrected chi connectivity index (χ4v) is 5.25. The van der Waals surface area contributed by atoms with Crippen LogP contribution in [0.5, 0.6) is 0 Å². The number of likely N-dealkylation sites (N-methyl/N-ethyl adjacent to an activating group) is 1. The lowest BCUT2D eigenvalue weighted by molar-refractivity contribution is -0.137. The topological polar surface area (TPSA) is 73.7 Å². The van der Waals surface area contributed by atoms with Gasteiger partial charge in [-0.05, 0) is 42.2 Å². The summed E-state index contributed by atoms with van der Waals surface area (Å²) in [6, 6.07) is 11.8. The summed E-state index contributed by atoms with van der Waals surface area (Å²) >= 11 is 1.42. The van der Waals surface area contributed by atoms with E-state index in [1.54, 1.807) is 41.6 Å². The molecular weight excluding hydrogens is 491 g/mol. The van der Waals surface area contributed by atoms with Crippen LogP contribution in [0.3, 0.4) is 0 Å². The summed E-state index contributed by atoms with van der Waals surface area (Å²) in [5.41, 5.74) is 1.21. The first-order chi connectivity index (χ1) is 17.2. The first-order valence-electron chi connectivity index (χ1n) is 11.6. The number of halogens is 3. The average molecular weight is 518 g/mol. The molecule has 0 atom stereocenters. The number of benzene rings is 2. The number of alkyl halides is 3. The first kappa shape index (κ1) is 25.8. The zero-order valence-electron chi connectivity index (χ0n) is 19.7. The first-order valence-corrected chi connectivity index (χ1v) is 12.4. The largest absolute Gasteiger partial charge is 0.416 e. The smallest absolute Gasteiger partial charge is 0.395 e. The van der Waals surface area contributed by atoms with E-state index in [9.17, 15) is 22.8 Å². The van der Waals surface area contributed by atoms with Crippen LogP contribution >= 0.6 is 11.3 Å². The Labute approximate surface area is 211 Å². The van der Waals surface area contributed by atoms with E-state index in [1.165, 1.54) is 28.4 Å². The number of amides is 2. The van der Waals surface area contributed by atoms with Gasteiger partial charge < -0.3 is 14.9 Å². The molecule has 36 heavy (non-hydrogen) atoms. The predicted octanol–water partition coefficient (Wildman–Crippen LogP) is 4.91. The van der Waals surface area contributed by atoms with Crippen molar-refractivity contribution in [2.24, 2.45) is 0 Å². The Morgan fingerprint density at radius 2 is 1.78 bits per heavy atom. The van der Waals surface area contributed by atoms with Gasteiger partial charge in [0, 0.05) is 43.5 Å². The lowest BCUT2D eigenvalue weighted by Crippen LogP contribution is -2.38. The average Bonchev–Trinajstić information content (AvgIpc) is 3.38. The van der Waals surface area contributed by atoms with Gasteiger partial charge in [0.05, 0.1) is 17.2 Å². The third-order valence-electron chi connectivity index (χ3n) is 6.34. The molecule has 0 radical (unpaired) electrons. The standard InChI is InChI=1S/C26H26F3N3O3S/c1-31(14-15-33)25(35)22-16-36-23(30-22)18-10-12-32(13-11-18)24(34)21-5-3-2-4-20(21)17-6-8-19(9-7-17)26(27,28)29/h2-9,16,18,33H,10-15H2,1H3. The molecule has 1 aliphatic rings. The number of piperidine rings is 1. The summed E-state index contributed by atoms with van der Waals surface area (Å²) < 4.78 is 38.8. The van der Waals surface area contributed by atoms with Gasteiger partial charge in [0.25, 0.3) is 11.8 Å². The Hall–Kier alpha value is -3.24. The Morgan fingerprint density at radius 3 is 2.42 bits per heavy atom. The van der Waals surface area contributed by atoms with Crippen LogP contribution in [-0.4, -0.2) is 65.0 Å². The molecular formula is C26H26F3N3O3S. The minimum absolute atomic E-state index is 0.117. The minimum Gasteiger partial charge on any atom is -0.395 e. The van der Waals surface area contributed by atoms with E-state index < -0.39 is 11.7 Å². The molecule has 0 bridgehead atoms. The summed E-state index contributed by atoms with van der Waals surface area (Å²) in [4.78, 5) is 33.4. The molecule has 0 spiro atoms. The van der Waals surface area contributed by atoms with E-state index in [1.807, 2.05) is 0 Å². The molecule has 1 saturated heterocycles. The van der Waals surface area contributed by atoms with Crippen LogP contribution in [0.25, 0.3) is 11.1 Å². The Balaban J connectivity index is 1.44. The number of carbonyl (C=O) groups is 2. The number of aliphatic hydroxyl groups excluding tert-OH is 1. The maximum absolute atomic E-state index is 13.4. The molecule has 1 aliphatic heterocycles. The van der Waals surface area contributed by atoms with Gasteiger partial charge in [0.2, 0.25) is 0 Å². The second-order valence-corrected chi connectivity index (χ2v) is 9.60. The van der Waals surface area contributed by atoms with Gasteiger partial charge >= 0.3 is 6.18 Å². The molecule has 2 heterocycles. The zero-order valence-corrected chi connectivity index (χ0v) is 20.5. The molecule has 3 aromatic rings. The van der Waals surface area contributed by atoms with Crippen molar-refractivity contribution >= 4 is 23.2 Å². The highest BCUT2D eigenvalue weighted by molar-refractivity contribution is 7.09. The minimum atomic E-state index is -4.42. The number of nitrogens with zero attached hydrogens (tertiary/aromatic N) is 3. The van der Waals surface area contributed by atoms with E-state index in [2.05, 4.69) is 4.98 Å². The van der Waals surface area contributed by atoms with Crippen molar-refractivity contribution in [3.63, 3.8) is 0 Å². The maximum atomic E-state index is 13.4. The number of hydrogen-bond acceptors (Lipinski definition) is 5. The number of aliphatic hydroxyl groups is 1. The number of rotatable bonds is 6. The van der Waals surface area contributed by atoms with Crippen LogP contribution in [0, 0.1) is 0 Å². The monoisotopic (exact) mass is 517 g/mol. The number of hydrogen-bond donors (Lipinski definition) is 1. The third kappa shape index (κ3) is 5.60. The molecule has 0 aliphatic carbocycles. The lowest BCUT2D eigenvalue weighted by Gasteiger charge is -2.31. The Bertz CT molecular complexity index is 1220. The molecule has 1 N–H and O–H groups in total. The molecule has 2 amide bonds. The molecule has 10 heteroatoms. The van der Waals surface area contributed by atoms with Gasteiger partial charge in [-0.3, -0.25) is 9.59 Å². The van der Waals surface area contributed by atoms with Crippen molar-refractivity contribution in [1.82, 2.24) is 14.8 Å². The highest BCUT2D eigenvalue weighted by Gasteiger charge is 2.31. The molecule has 4 rings (SSSR count). The number of aromatic nitrogens is 1. The predicted molar refractivity (Wildman–Crippen MR) is 131 cm³/mol. The lowest BCUT2D eigenvalue weighted by atomic mass is 9.94. The van der Waals surface area contributed by atoms with Crippen molar-refractivity contribution in [2.75, 3.05) is 33.3 Å². The highest BCUT2D eigenvalue weighted by Crippen LogP contribution is 2.34. The van der Waals surface area contributed by atoms with Crippen molar-refractivity contribution in [1.29, 1.82) is 0 Å². The Kier molecular flexibility index (Phi) is 7.75. The maximum Gasteiger partial charge on any atom is 0.416 e. The quantitative estimate of drug-likeness (QED) is 0.504. The fourth-order valence-electron chi connectivity index (χ4n) is 4.28. The summed E-state index contributed by atoms with van der Waals surface area (Å²) in [6.07, 6.45) is -3.03. The molecule has 0 saturated carbocycles. The summed E-state index contributed by atoms with van der Waals surface area (Å²) in [6.45, 7) is 1.14. The van der Waals surface area contributed by atoms with E-state index in [0.717, 1.165) is 17.1 Å². The normalized spacial score (nSPS) is 14.6. The highest BCUT2D eigenvalue weighted by atomic mass is 32.1. The summed E-state index contributed by atoms with van der Waals surface area (Å²) in [5.74, 6) is -0.266. The Morgan fingerprint density at radius 1 is 1.11 bits per heavy atom. The van der Waals surface area contributed by atoms with Gasteiger partial charge in [-0.1, -0.05) is 30.3 Å². The van der Waals surface area contributed by atoms with Gasteiger partial charge in [-0.2, -0.15) is 13.2 Å². The molecule has 6 nitrogen and oxygen atoms in total. The van der Waals surface area contributed by atoms with E-state index in [-0.39, 0.29) is 30.9 Å². The van der Waals surface area contributed by atoms with Gasteiger partial charge in [0.1, 0.15) is 5.69 Å². The van der Waals surface area contributed by atoms with Gasteiger partial charge in [-0.15, -0.1) is 11.3 Å². The van der Waals surface area contributed by atoms with Crippen LogP contribution in [0.2, 0.25) is 0 Å². The number of thiazole rings is 1. The molecule has 1 fully saturated rings. The molecule has 190 valence electrons. The summed E-state index contributed by atoms with van der Waals surface area (Å²) in [7, 11) is 1.62. The van der Waals surface area contributed by atoms with Gasteiger partial charge in [0.15, 0.2) is 0 Å². The SMILES string of the molecule is CN(CCO)C(=O)c1csc(C2CCN(C(=O)c3ccccc3-c3ccc(C(F)(F)F)cc3)CC2)n1.